The molecule has 0 unspecified atom stereocenters. The summed E-state index contributed by atoms with van der Waals surface area (Å²) in [5.41, 5.74) is 0. The fraction of sp³-hybridized carbons (Fsp3) is 1.00. The molecule has 0 bridgehead atoms. The van der Waals surface area contributed by atoms with Crippen molar-refractivity contribution in [2.45, 2.75) is 136 Å². The molecule has 0 atom stereocenters. The monoisotopic (exact) mass is 459 g/mol. The van der Waals surface area contributed by atoms with E-state index in [1.54, 1.807) is 0 Å². The van der Waals surface area contributed by atoms with E-state index in [1.807, 2.05) is 0 Å². The molecular weight excluding hydrogens is 403 g/mol. The first-order valence-electron chi connectivity index (χ1n) is 12.1. The molecule has 181 valence electrons. The molecule has 0 spiro atoms. The number of unbranched alkanes of at least 4 members (excludes halogenated alkanes) is 15. The van der Waals surface area contributed by atoms with Crippen LogP contribution < -0.4 is 0 Å². The van der Waals surface area contributed by atoms with Crippen LogP contribution in [0.15, 0.2) is 0 Å². The second-order valence-electron chi connectivity index (χ2n) is 7.47. The molecule has 0 amide bonds. The maximum absolute atomic E-state index is 8.42. The van der Waals surface area contributed by atoms with Gasteiger partial charge in [0.1, 0.15) is 0 Å². The molecule has 5 heteroatoms. The summed E-state index contributed by atoms with van der Waals surface area (Å²) >= 11 is 0. The zero-order chi connectivity index (χ0) is 20.8. The molecule has 0 aliphatic rings. The van der Waals surface area contributed by atoms with Crippen LogP contribution in [0.3, 0.4) is 0 Å². The molecule has 0 aliphatic heterocycles. The van der Waals surface area contributed by atoms with E-state index in [0.29, 0.717) is 19.8 Å². The van der Waals surface area contributed by atoms with E-state index >= 15 is 0 Å². The average molecular weight is 460 g/mol. The number of hydrogen-bond donors (Lipinski definition) is 3. The van der Waals surface area contributed by atoms with Crippen LogP contribution in [-0.2, 0) is 18.6 Å². The van der Waals surface area contributed by atoms with Crippen molar-refractivity contribution in [2.75, 3.05) is 19.8 Å². The fourth-order valence-corrected chi connectivity index (χ4v) is 2.68. The van der Waals surface area contributed by atoms with Gasteiger partial charge in [-0.2, -0.15) is 0 Å². The van der Waals surface area contributed by atoms with E-state index in [1.165, 1.54) is 96.3 Å². The maximum atomic E-state index is 8.42. The Morgan fingerprint density at radius 3 is 0.690 bits per heavy atom. The SMILES string of the molecule is CCCCCCCCO.CCCCCCCCO.CCCCCCCCO.O.[V]. The van der Waals surface area contributed by atoms with Crippen molar-refractivity contribution in [3.63, 3.8) is 0 Å². The number of aliphatic hydroxyl groups excluding tert-OH is 3. The standard InChI is InChI=1S/3C8H18O.H2O.V/c3*1-2-3-4-5-6-7-8-9;;/h3*9H,2-8H2,1H3;1H2;. The van der Waals surface area contributed by atoms with Crippen LogP contribution in [0.1, 0.15) is 136 Å². The Morgan fingerprint density at radius 1 is 0.345 bits per heavy atom. The summed E-state index contributed by atoms with van der Waals surface area (Å²) in [6.07, 6.45) is 22.5. The van der Waals surface area contributed by atoms with Gasteiger partial charge in [-0.05, 0) is 19.3 Å². The molecule has 29 heavy (non-hydrogen) atoms. The van der Waals surface area contributed by atoms with E-state index in [9.17, 15) is 0 Å². The third kappa shape index (κ3) is 58.5. The number of rotatable bonds is 18. The van der Waals surface area contributed by atoms with Gasteiger partial charge in [0.25, 0.3) is 0 Å². The van der Waals surface area contributed by atoms with Gasteiger partial charge in [0.2, 0.25) is 0 Å². The fourth-order valence-electron chi connectivity index (χ4n) is 2.68. The Hall–Kier alpha value is 0.424. The van der Waals surface area contributed by atoms with Gasteiger partial charge in [0.15, 0.2) is 0 Å². The van der Waals surface area contributed by atoms with Gasteiger partial charge < -0.3 is 20.8 Å². The molecule has 5 N–H and O–H groups in total. The van der Waals surface area contributed by atoms with E-state index in [4.69, 9.17) is 15.3 Å². The number of aliphatic hydroxyl groups is 3. The molecule has 0 saturated carbocycles. The van der Waals surface area contributed by atoms with Gasteiger partial charge >= 0.3 is 0 Å². The van der Waals surface area contributed by atoms with E-state index in [2.05, 4.69) is 20.8 Å². The average Bonchev–Trinajstić information content (AvgIpc) is 2.69. The van der Waals surface area contributed by atoms with Crippen LogP contribution in [0.2, 0.25) is 0 Å². The van der Waals surface area contributed by atoms with Crippen molar-refractivity contribution >= 4 is 0 Å². The minimum Gasteiger partial charge on any atom is -0.412 e. The van der Waals surface area contributed by atoms with Crippen molar-refractivity contribution in [3.05, 3.63) is 0 Å². The molecule has 0 aromatic rings. The van der Waals surface area contributed by atoms with E-state index < -0.39 is 0 Å². The minimum absolute atomic E-state index is 0. The van der Waals surface area contributed by atoms with Gasteiger partial charge in [-0.15, -0.1) is 0 Å². The Morgan fingerprint density at radius 2 is 0.517 bits per heavy atom. The molecule has 0 heterocycles. The quantitative estimate of drug-likeness (QED) is 0.213. The predicted molar refractivity (Wildman–Crippen MR) is 125 cm³/mol. The molecular formula is C24H56O4V. The van der Waals surface area contributed by atoms with Gasteiger partial charge in [-0.3, -0.25) is 0 Å². The van der Waals surface area contributed by atoms with Crippen molar-refractivity contribution in [3.8, 4) is 0 Å². The van der Waals surface area contributed by atoms with Crippen molar-refractivity contribution in [1.82, 2.24) is 0 Å². The van der Waals surface area contributed by atoms with Gasteiger partial charge in [0, 0.05) is 38.4 Å². The Bertz CT molecular complexity index is 156. The molecule has 4 nitrogen and oxygen atoms in total. The van der Waals surface area contributed by atoms with Crippen LogP contribution in [-0.4, -0.2) is 40.6 Å². The van der Waals surface area contributed by atoms with E-state index in [0.717, 1.165) is 19.3 Å². The van der Waals surface area contributed by atoms with E-state index in [-0.39, 0.29) is 24.0 Å². The summed E-state index contributed by atoms with van der Waals surface area (Å²) in [7, 11) is 0. The normalized spacial score (nSPS) is 9.31. The zero-order valence-electron chi connectivity index (χ0n) is 20.1. The maximum Gasteiger partial charge on any atom is 0.0431 e. The van der Waals surface area contributed by atoms with Crippen LogP contribution in [0, 0.1) is 0 Å². The Labute approximate surface area is 195 Å². The van der Waals surface area contributed by atoms with Crippen molar-refractivity contribution in [1.29, 1.82) is 0 Å². The second kappa shape index (κ2) is 46.6. The second-order valence-corrected chi connectivity index (χ2v) is 7.47. The minimum atomic E-state index is 0. The first-order valence-corrected chi connectivity index (χ1v) is 12.1. The first kappa shape index (κ1) is 39.9. The molecule has 0 aliphatic carbocycles. The molecule has 0 aromatic heterocycles. The Balaban J connectivity index is -0.0000000960. The largest absolute Gasteiger partial charge is 0.412 e. The third-order valence-electron chi connectivity index (χ3n) is 4.54. The first-order chi connectivity index (χ1) is 13.2. The molecule has 0 aromatic carbocycles. The summed E-state index contributed by atoms with van der Waals surface area (Å²) in [4.78, 5) is 0. The van der Waals surface area contributed by atoms with Crippen LogP contribution >= 0.6 is 0 Å². The summed E-state index contributed by atoms with van der Waals surface area (Å²) in [6.45, 7) is 7.74. The van der Waals surface area contributed by atoms with Gasteiger partial charge in [0.05, 0.1) is 0 Å². The van der Waals surface area contributed by atoms with Crippen LogP contribution in [0.5, 0.6) is 0 Å². The predicted octanol–water partition coefficient (Wildman–Crippen LogP) is 6.19. The summed E-state index contributed by atoms with van der Waals surface area (Å²) in [6, 6.07) is 0. The van der Waals surface area contributed by atoms with Gasteiger partial charge in [-0.1, -0.05) is 117 Å². The third-order valence-corrected chi connectivity index (χ3v) is 4.54. The van der Waals surface area contributed by atoms with Crippen molar-refractivity contribution < 1.29 is 39.4 Å². The van der Waals surface area contributed by atoms with Crippen molar-refractivity contribution in [2.24, 2.45) is 0 Å². The summed E-state index contributed by atoms with van der Waals surface area (Å²) < 4.78 is 0. The summed E-state index contributed by atoms with van der Waals surface area (Å²) in [5.74, 6) is 0. The molecule has 0 rings (SSSR count). The molecule has 1 radical (unpaired) electrons. The Kier molecular flexibility index (Phi) is 64.0. The smallest absolute Gasteiger partial charge is 0.0431 e. The van der Waals surface area contributed by atoms with Gasteiger partial charge in [-0.25, -0.2) is 0 Å². The number of hydrogen-bond acceptors (Lipinski definition) is 3. The zero-order valence-corrected chi connectivity index (χ0v) is 21.5. The molecule has 0 saturated heterocycles. The van der Waals surface area contributed by atoms with Crippen LogP contribution in [0.4, 0.5) is 0 Å². The summed E-state index contributed by atoms with van der Waals surface area (Å²) in [5, 5.41) is 25.3. The topological polar surface area (TPSA) is 92.2 Å². The molecule has 0 fully saturated rings. The van der Waals surface area contributed by atoms with Crippen LogP contribution in [0.25, 0.3) is 0 Å².